The van der Waals surface area contributed by atoms with Crippen molar-refractivity contribution in [2.75, 3.05) is 6.61 Å². The highest BCUT2D eigenvalue weighted by Crippen LogP contribution is 2.19. The zero-order valence-electron chi connectivity index (χ0n) is 7.49. The van der Waals surface area contributed by atoms with Gasteiger partial charge in [0.1, 0.15) is 0 Å². The van der Waals surface area contributed by atoms with Crippen molar-refractivity contribution in [2.24, 2.45) is 0 Å². The first kappa shape index (κ1) is 9.92. The van der Waals surface area contributed by atoms with Gasteiger partial charge in [-0.3, -0.25) is 0 Å². The van der Waals surface area contributed by atoms with Gasteiger partial charge in [-0.25, -0.2) is 0 Å². The van der Waals surface area contributed by atoms with Crippen molar-refractivity contribution in [2.45, 2.75) is 44.9 Å². The van der Waals surface area contributed by atoms with E-state index in [2.05, 4.69) is 0 Å². The van der Waals surface area contributed by atoms with Gasteiger partial charge in [-0.2, -0.15) is 0 Å². The van der Waals surface area contributed by atoms with Crippen LogP contribution in [0.1, 0.15) is 26.7 Å². The summed E-state index contributed by atoms with van der Waals surface area (Å²) >= 11 is 0. The van der Waals surface area contributed by atoms with Crippen LogP contribution in [0.5, 0.6) is 0 Å². The zero-order valence-corrected chi connectivity index (χ0v) is 7.49. The van der Waals surface area contributed by atoms with Crippen LogP contribution in [0.25, 0.3) is 0 Å². The average molecular weight is 176 g/mol. The molecule has 0 aromatic rings. The fourth-order valence-electron chi connectivity index (χ4n) is 1.11. The minimum Gasteiger partial charge on any atom is -0.368 e. The van der Waals surface area contributed by atoms with Gasteiger partial charge in [-0.05, 0) is 20.3 Å². The second-order valence-electron chi connectivity index (χ2n) is 3.55. The Morgan fingerprint density at radius 3 is 2.58 bits per heavy atom. The molecular weight excluding hydrogens is 160 g/mol. The van der Waals surface area contributed by atoms with Crippen LogP contribution in [-0.2, 0) is 9.47 Å². The molecule has 4 heteroatoms. The third-order valence-corrected chi connectivity index (χ3v) is 1.71. The number of aliphatic hydroxyl groups is 2. The number of ether oxygens (including phenoxy) is 2. The zero-order chi connectivity index (χ0) is 9.19. The predicted molar refractivity (Wildman–Crippen MR) is 42.4 cm³/mol. The molecule has 4 nitrogen and oxygen atoms in total. The maximum atomic E-state index is 9.20. The Bertz CT molecular complexity index is 140. The minimum atomic E-state index is -1.11. The summed E-state index contributed by atoms with van der Waals surface area (Å²) in [7, 11) is 0. The van der Waals surface area contributed by atoms with E-state index >= 15 is 0 Å². The van der Waals surface area contributed by atoms with E-state index in [1.807, 2.05) is 0 Å². The number of hydrogen-bond donors (Lipinski definition) is 2. The molecule has 1 aliphatic heterocycles. The molecule has 1 rings (SSSR count). The molecule has 0 radical (unpaired) electrons. The normalized spacial score (nSPS) is 31.0. The lowest BCUT2D eigenvalue weighted by Gasteiger charge is -2.20. The molecule has 1 unspecified atom stereocenters. The van der Waals surface area contributed by atoms with Gasteiger partial charge in [-0.1, -0.05) is 0 Å². The topological polar surface area (TPSA) is 58.9 Å². The van der Waals surface area contributed by atoms with E-state index in [-0.39, 0.29) is 6.10 Å². The first-order chi connectivity index (χ1) is 5.47. The predicted octanol–water partition coefficient (Wildman–Crippen LogP) is 0.229. The largest absolute Gasteiger partial charge is 0.368 e. The molecule has 0 saturated carbocycles. The van der Waals surface area contributed by atoms with Gasteiger partial charge < -0.3 is 19.7 Å². The summed E-state index contributed by atoms with van der Waals surface area (Å²) in [6.07, 6.45) is 0.712. The SMILES string of the molecule is CC(C)(O)OC[C@H]1CCC(O)O1. The Labute approximate surface area is 72.1 Å². The second-order valence-corrected chi connectivity index (χ2v) is 3.55. The van der Waals surface area contributed by atoms with Crippen LogP contribution < -0.4 is 0 Å². The highest BCUT2D eigenvalue weighted by molar-refractivity contribution is 4.67. The molecule has 0 spiro atoms. The van der Waals surface area contributed by atoms with Crippen LogP contribution in [-0.4, -0.2) is 35.0 Å². The standard InChI is InChI=1S/C8H16O4/c1-8(2,10)11-5-6-3-4-7(9)12-6/h6-7,9-10H,3-5H2,1-2H3/t6-,7?/m1/s1. The van der Waals surface area contributed by atoms with E-state index < -0.39 is 12.1 Å². The monoisotopic (exact) mass is 176 g/mol. The Morgan fingerprint density at radius 2 is 2.17 bits per heavy atom. The summed E-state index contributed by atoms with van der Waals surface area (Å²) in [5.41, 5.74) is 0. The first-order valence-corrected chi connectivity index (χ1v) is 4.17. The number of hydrogen-bond acceptors (Lipinski definition) is 4. The van der Waals surface area contributed by atoms with Gasteiger partial charge in [0, 0.05) is 6.42 Å². The molecule has 0 aliphatic carbocycles. The Kier molecular flexibility index (Phi) is 3.06. The molecule has 0 amide bonds. The third-order valence-electron chi connectivity index (χ3n) is 1.71. The first-order valence-electron chi connectivity index (χ1n) is 4.17. The van der Waals surface area contributed by atoms with E-state index in [1.165, 1.54) is 0 Å². The maximum Gasteiger partial charge on any atom is 0.159 e. The lowest BCUT2D eigenvalue weighted by Crippen LogP contribution is -2.28. The molecular formula is C8H16O4. The summed E-state index contributed by atoms with van der Waals surface area (Å²) < 4.78 is 10.2. The molecule has 1 aliphatic rings. The van der Waals surface area contributed by atoms with Crippen LogP contribution in [0.2, 0.25) is 0 Å². The summed E-state index contributed by atoms with van der Waals surface area (Å²) in [5, 5.41) is 18.2. The molecule has 2 N–H and O–H groups in total. The van der Waals surface area contributed by atoms with Crippen molar-refractivity contribution in [3.8, 4) is 0 Å². The Hall–Kier alpha value is -0.160. The summed E-state index contributed by atoms with van der Waals surface area (Å²) in [4.78, 5) is 0. The Morgan fingerprint density at radius 1 is 1.50 bits per heavy atom. The fourth-order valence-corrected chi connectivity index (χ4v) is 1.11. The molecule has 0 aromatic heterocycles. The van der Waals surface area contributed by atoms with E-state index in [9.17, 15) is 5.11 Å². The van der Waals surface area contributed by atoms with Crippen LogP contribution in [0.15, 0.2) is 0 Å². The molecule has 1 heterocycles. The van der Waals surface area contributed by atoms with E-state index in [0.29, 0.717) is 13.0 Å². The molecule has 1 fully saturated rings. The third kappa shape index (κ3) is 3.49. The lowest BCUT2D eigenvalue weighted by molar-refractivity contribution is -0.202. The van der Waals surface area contributed by atoms with Crippen LogP contribution in [0, 0.1) is 0 Å². The average Bonchev–Trinajstić information content (AvgIpc) is 2.30. The van der Waals surface area contributed by atoms with Crippen molar-refractivity contribution >= 4 is 0 Å². The van der Waals surface area contributed by atoms with Gasteiger partial charge in [0.25, 0.3) is 0 Å². The van der Waals surface area contributed by atoms with Gasteiger partial charge in [0.2, 0.25) is 0 Å². The quantitative estimate of drug-likeness (QED) is 0.604. The maximum absolute atomic E-state index is 9.20. The van der Waals surface area contributed by atoms with Gasteiger partial charge >= 0.3 is 0 Å². The number of aliphatic hydroxyl groups excluding tert-OH is 1. The van der Waals surface area contributed by atoms with Gasteiger partial charge in [0.05, 0.1) is 12.7 Å². The highest BCUT2D eigenvalue weighted by Gasteiger charge is 2.25. The second kappa shape index (κ2) is 3.70. The van der Waals surface area contributed by atoms with Crippen molar-refractivity contribution < 1.29 is 19.7 Å². The minimum absolute atomic E-state index is 0.0774. The van der Waals surface area contributed by atoms with Crippen molar-refractivity contribution in [1.29, 1.82) is 0 Å². The number of rotatable bonds is 3. The lowest BCUT2D eigenvalue weighted by atomic mass is 10.2. The Balaban J connectivity index is 2.16. The van der Waals surface area contributed by atoms with Gasteiger partial charge in [0.15, 0.2) is 12.1 Å². The smallest absolute Gasteiger partial charge is 0.159 e. The summed E-state index contributed by atoms with van der Waals surface area (Å²) in [5.74, 6) is -1.11. The molecule has 12 heavy (non-hydrogen) atoms. The molecule has 2 atom stereocenters. The van der Waals surface area contributed by atoms with Crippen molar-refractivity contribution in [3.63, 3.8) is 0 Å². The van der Waals surface area contributed by atoms with Crippen LogP contribution in [0.4, 0.5) is 0 Å². The summed E-state index contributed by atoms with van der Waals surface area (Å²) in [6, 6.07) is 0. The van der Waals surface area contributed by atoms with E-state index in [1.54, 1.807) is 13.8 Å². The van der Waals surface area contributed by atoms with Crippen molar-refractivity contribution in [1.82, 2.24) is 0 Å². The fraction of sp³-hybridized carbons (Fsp3) is 1.00. The van der Waals surface area contributed by atoms with Crippen LogP contribution >= 0.6 is 0 Å². The molecule has 0 bridgehead atoms. The van der Waals surface area contributed by atoms with Crippen molar-refractivity contribution in [3.05, 3.63) is 0 Å². The molecule has 1 saturated heterocycles. The van der Waals surface area contributed by atoms with Gasteiger partial charge in [-0.15, -0.1) is 0 Å². The van der Waals surface area contributed by atoms with E-state index in [4.69, 9.17) is 14.6 Å². The summed E-state index contributed by atoms with van der Waals surface area (Å²) in [6.45, 7) is 3.47. The molecule has 72 valence electrons. The highest BCUT2D eigenvalue weighted by atomic mass is 16.7. The van der Waals surface area contributed by atoms with Crippen LogP contribution in [0.3, 0.4) is 0 Å². The molecule has 0 aromatic carbocycles. The van der Waals surface area contributed by atoms with E-state index in [0.717, 1.165) is 6.42 Å².